The van der Waals surface area contributed by atoms with Crippen LogP contribution in [-0.4, -0.2) is 38.4 Å². The first-order chi connectivity index (χ1) is 9.96. The van der Waals surface area contributed by atoms with Crippen LogP contribution >= 0.6 is 11.6 Å². The second-order valence-electron chi connectivity index (χ2n) is 4.83. The van der Waals surface area contributed by atoms with Crippen molar-refractivity contribution in [3.05, 3.63) is 28.8 Å². The summed E-state index contributed by atoms with van der Waals surface area (Å²) in [6.07, 6.45) is 2.71. The van der Waals surface area contributed by atoms with Crippen molar-refractivity contribution in [2.24, 2.45) is 0 Å². The summed E-state index contributed by atoms with van der Waals surface area (Å²) in [4.78, 5) is 11.7. The minimum Gasteiger partial charge on any atom is -0.462 e. The Kier molecular flexibility index (Phi) is 5.24. The molecule has 0 amide bonds. The van der Waals surface area contributed by atoms with Crippen molar-refractivity contribution in [2.45, 2.75) is 31.1 Å². The second kappa shape index (κ2) is 6.77. The SMILES string of the molecule is CCOC(=O)c1ccc(Cl)c(S(=O)(=O)N2CCCCC2)c1. The molecule has 0 bridgehead atoms. The third kappa shape index (κ3) is 3.56. The van der Waals surface area contributed by atoms with Crippen molar-refractivity contribution < 1.29 is 17.9 Å². The Balaban J connectivity index is 2.37. The Hall–Kier alpha value is -1.11. The number of hydrogen-bond donors (Lipinski definition) is 0. The predicted octanol–water partition coefficient (Wildman–Crippen LogP) is 2.69. The fourth-order valence-corrected chi connectivity index (χ4v) is 4.30. The van der Waals surface area contributed by atoms with Crippen molar-refractivity contribution in [3.8, 4) is 0 Å². The summed E-state index contributed by atoms with van der Waals surface area (Å²) in [6, 6.07) is 4.18. The average Bonchev–Trinajstić information content (AvgIpc) is 2.48. The maximum atomic E-state index is 12.6. The monoisotopic (exact) mass is 331 g/mol. The van der Waals surface area contributed by atoms with E-state index in [0.29, 0.717) is 13.1 Å². The summed E-state index contributed by atoms with van der Waals surface area (Å²) in [5.74, 6) is -0.552. The number of carbonyl (C=O) groups is 1. The van der Waals surface area contributed by atoms with Gasteiger partial charge in [0.05, 0.1) is 17.2 Å². The molecule has 116 valence electrons. The molecule has 1 saturated heterocycles. The van der Waals surface area contributed by atoms with E-state index in [9.17, 15) is 13.2 Å². The van der Waals surface area contributed by atoms with E-state index < -0.39 is 16.0 Å². The Morgan fingerprint density at radius 3 is 2.57 bits per heavy atom. The molecular weight excluding hydrogens is 314 g/mol. The molecule has 0 unspecified atom stereocenters. The van der Waals surface area contributed by atoms with Gasteiger partial charge in [-0.05, 0) is 38.0 Å². The molecule has 0 N–H and O–H groups in total. The molecule has 0 aromatic heterocycles. The molecule has 1 aromatic rings. The zero-order chi connectivity index (χ0) is 15.5. The molecule has 7 heteroatoms. The van der Waals surface area contributed by atoms with Crippen LogP contribution in [0, 0.1) is 0 Å². The first-order valence-corrected chi connectivity index (χ1v) is 8.75. The van der Waals surface area contributed by atoms with Gasteiger partial charge in [-0.25, -0.2) is 13.2 Å². The molecule has 21 heavy (non-hydrogen) atoms. The quantitative estimate of drug-likeness (QED) is 0.796. The Morgan fingerprint density at radius 2 is 1.95 bits per heavy atom. The van der Waals surface area contributed by atoms with E-state index in [1.165, 1.54) is 22.5 Å². The van der Waals surface area contributed by atoms with Crippen LogP contribution in [0.25, 0.3) is 0 Å². The van der Waals surface area contributed by atoms with Crippen LogP contribution in [0.1, 0.15) is 36.5 Å². The highest BCUT2D eigenvalue weighted by Crippen LogP contribution is 2.28. The summed E-state index contributed by atoms with van der Waals surface area (Å²) >= 11 is 6.02. The molecule has 0 aliphatic carbocycles. The molecule has 2 rings (SSSR count). The lowest BCUT2D eigenvalue weighted by atomic mass is 10.2. The normalized spacial score (nSPS) is 16.7. The van der Waals surface area contributed by atoms with Crippen LogP contribution in [-0.2, 0) is 14.8 Å². The third-order valence-corrected chi connectivity index (χ3v) is 5.76. The summed E-state index contributed by atoms with van der Waals surface area (Å²) < 4.78 is 31.6. The molecule has 0 radical (unpaired) electrons. The molecule has 5 nitrogen and oxygen atoms in total. The molecular formula is C14H18ClNO4S. The number of rotatable bonds is 4. The van der Waals surface area contributed by atoms with Crippen molar-refractivity contribution in [3.63, 3.8) is 0 Å². The number of sulfonamides is 1. The second-order valence-corrected chi connectivity index (χ2v) is 7.14. The minimum atomic E-state index is -3.67. The lowest BCUT2D eigenvalue weighted by Crippen LogP contribution is -2.35. The number of benzene rings is 1. The van der Waals surface area contributed by atoms with E-state index in [2.05, 4.69) is 0 Å². The molecule has 1 aliphatic rings. The van der Waals surface area contributed by atoms with Crippen LogP contribution in [0.15, 0.2) is 23.1 Å². The van der Waals surface area contributed by atoms with Gasteiger partial charge in [0.1, 0.15) is 4.90 Å². The van der Waals surface area contributed by atoms with E-state index in [1.807, 2.05) is 0 Å². The van der Waals surface area contributed by atoms with E-state index >= 15 is 0 Å². The first kappa shape index (κ1) is 16.3. The van der Waals surface area contributed by atoms with Gasteiger partial charge in [-0.1, -0.05) is 18.0 Å². The van der Waals surface area contributed by atoms with Crippen molar-refractivity contribution in [2.75, 3.05) is 19.7 Å². The van der Waals surface area contributed by atoms with E-state index in [-0.39, 0.29) is 22.1 Å². The number of nitrogens with zero attached hydrogens (tertiary/aromatic N) is 1. The summed E-state index contributed by atoms with van der Waals surface area (Å²) in [5.41, 5.74) is 0.192. The molecule has 0 atom stereocenters. The lowest BCUT2D eigenvalue weighted by molar-refractivity contribution is 0.0526. The highest BCUT2D eigenvalue weighted by atomic mass is 35.5. The topological polar surface area (TPSA) is 63.7 Å². The molecule has 0 saturated carbocycles. The molecule has 1 heterocycles. The summed E-state index contributed by atoms with van der Waals surface area (Å²) in [7, 11) is -3.67. The molecule has 1 fully saturated rings. The van der Waals surface area contributed by atoms with E-state index in [1.54, 1.807) is 6.92 Å². The zero-order valence-corrected chi connectivity index (χ0v) is 13.4. The third-order valence-electron chi connectivity index (χ3n) is 3.38. The van der Waals surface area contributed by atoms with Crippen molar-refractivity contribution in [1.82, 2.24) is 4.31 Å². The predicted molar refractivity (Wildman–Crippen MR) is 80.0 cm³/mol. The Bertz CT molecular complexity index is 624. The maximum Gasteiger partial charge on any atom is 0.338 e. The number of halogens is 1. The van der Waals surface area contributed by atoms with Gasteiger partial charge in [-0.3, -0.25) is 0 Å². The van der Waals surface area contributed by atoms with Gasteiger partial charge in [0, 0.05) is 13.1 Å². The maximum absolute atomic E-state index is 12.6. The van der Waals surface area contributed by atoms with Crippen LogP contribution in [0.3, 0.4) is 0 Å². The number of carbonyl (C=O) groups excluding carboxylic acids is 1. The highest BCUT2D eigenvalue weighted by molar-refractivity contribution is 7.89. The summed E-state index contributed by atoms with van der Waals surface area (Å²) in [5, 5.41) is 0.119. The van der Waals surface area contributed by atoms with Crippen LogP contribution in [0.5, 0.6) is 0 Å². The number of piperidine rings is 1. The molecule has 1 aromatic carbocycles. The lowest BCUT2D eigenvalue weighted by Gasteiger charge is -2.26. The highest BCUT2D eigenvalue weighted by Gasteiger charge is 2.28. The smallest absolute Gasteiger partial charge is 0.338 e. The van der Waals surface area contributed by atoms with Crippen molar-refractivity contribution in [1.29, 1.82) is 0 Å². The minimum absolute atomic E-state index is 0.0309. The van der Waals surface area contributed by atoms with Crippen molar-refractivity contribution >= 4 is 27.6 Å². The Morgan fingerprint density at radius 1 is 1.29 bits per heavy atom. The Labute approximate surface area is 129 Å². The number of esters is 1. The van der Waals surface area contributed by atoms with Crippen LogP contribution < -0.4 is 0 Å². The van der Waals surface area contributed by atoms with Gasteiger partial charge in [0.2, 0.25) is 10.0 Å². The van der Waals surface area contributed by atoms with Crippen LogP contribution in [0.2, 0.25) is 5.02 Å². The first-order valence-electron chi connectivity index (χ1n) is 6.93. The average molecular weight is 332 g/mol. The van der Waals surface area contributed by atoms with E-state index in [4.69, 9.17) is 16.3 Å². The summed E-state index contributed by atoms with van der Waals surface area (Å²) in [6.45, 7) is 2.90. The van der Waals surface area contributed by atoms with Gasteiger partial charge in [0.15, 0.2) is 0 Å². The largest absolute Gasteiger partial charge is 0.462 e. The number of hydrogen-bond acceptors (Lipinski definition) is 4. The van der Waals surface area contributed by atoms with Crippen LogP contribution in [0.4, 0.5) is 0 Å². The zero-order valence-electron chi connectivity index (χ0n) is 11.8. The van der Waals surface area contributed by atoms with Gasteiger partial charge in [-0.2, -0.15) is 4.31 Å². The fraction of sp³-hybridized carbons (Fsp3) is 0.500. The number of ether oxygens (including phenoxy) is 1. The molecule has 0 spiro atoms. The van der Waals surface area contributed by atoms with E-state index in [0.717, 1.165) is 19.3 Å². The fourth-order valence-electron chi connectivity index (χ4n) is 2.29. The van der Waals surface area contributed by atoms with Gasteiger partial charge in [0.25, 0.3) is 0 Å². The van der Waals surface area contributed by atoms with Gasteiger partial charge < -0.3 is 4.74 Å². The molecule has 1 aliphatic heterocycles. The van der Waals surface area contributed by atoms with Gasteiger partial charge in [-0.15, -0.1) is 0 Å². The van der Waals surface area contributed by atoms with Gasteiger partial charge >= 0.3 is 5.97 Å². The standard InChI is InChI=1S/C14H18ClNO4S/c1-2-20-14(17)11-6-7-12(15)13(10-11)21(18,19)16-8-4-3-5-9-16/h6-7,10H,2-5,8-9H2,1H3.